The molecule has 1 nitrogen and oxygen atoms in total. The SMILES string of the molecule is Cc1ccc(C)c(C(N)c2csc(Br)c2)c1. The second kappa shape index (κ2) is 4.70. The highest BCUT2D eigenvalue weighted by atomic mass is 79.9. The number of hydrogen-bond donors (Lipinski definition) is 1. The van der Waals surface area contributed by atoms with E-state index in [1.165, 1.54) is 22.3 Å². The van der Waals surface area contributed by atoms with E-state index in [2.05, 4.69) is 59.4 Å². The third kappa shape index (κ3) is 2.37. The normalized spacial score (nSPS) is 12.8. The van der Waals surface area contributed by atoms with Gasteiger partial charge in [-0.15, -0.1) is 11.3 Å². The Morgan fingerprint density at radius 2 is 2.00 bits per heavy atom. The van der Waals surface area contributed by atoms with Crippen LogP contribution in [0.5, 0.6) is 0 Å². The highest BCUT2D eigenvalue weighted by Crippen LogP contribution is 2.29. The molecule has 2 aromatic rings. The number of benzene rings is 1. The van der Waals surface area contributed by atoms with Crippen LogP contribution in [0.3, 0.4) is 0 Å². The van der Waals surface area contributed by atoms with Crippen LogP contribution in [-0.4, -0.2) is 0 Å². The maximum atomic E-state index is 6.29. The molecule has 0 aliphatic heterocycles. The third-order valence-electron chi connectivity index (χ3n) is 2.72. The Morgan fingerprint density at radius 1 is 1.25 bits per heavy atom. The number of thiophene rings is 1. The molecule has 0 aliphatic carbocycles. The van der Waals surface area contributed by atoms with Crippen molar-refractivity contribution in [2.45, 2.75) is 19.9 Å². The Bertz CT molecular complexity index is 504. The average Bonchev–Trinajstić information content (AvgIpc) is 2.67. The number of rotatable bonds is 2. The van der Waals surface area contributed by atoms with Gasteiger partial charge in [-0.3, -0.25) is 0 Å². The van der Waals surface area contributed by atoms with Gasteiger partial charge in [-0.25, -0.2) is 0 Å². The van der Waals surface area contributed by atoms with Crippen molar-refractivity contribution in [1.82, 2.24) is 0 Å². The lowest BCUT2D eigenvalue weighted by molar-refractivity contribution is 0.864. The van der Waals surface area contributed by atoms with Crippen molar-refractivity contribution < 1.29 is 0 Å². The molecule has 0 spiro atoms. The molecule has 3 heteroatoms. The van der Waals surface area contributed by atoms with Crippen molar-refractivity contribution >= 4 is 27.3 Å². The van der Waals surface area contributed by atoms with Crippen LogP contribution in [0.2, 0.25) is 0 Å². The van der Waals surface area contributed by atoms with Gasteiger partial charge in [0.2, 0.25) is 0 Å². The Kier molecular flexibility index (Phi) is 3.47. The summed E-state index contributed by atoms with van der Waals surface area (Å²) in [6, 6.07) is 8.49. The van der Waals surface area contributed by atoms with Gasteiger partial charge < -0.3 is 5.73 Å². The van der Waals surface area contributed by atoms with Crippen molar-refractivity contribution in [3.63, 3.8) is 0 Å². The molecule has 0 radical (unpaired) electrons. The molecule has 0 aliphatic rings. The second-order valence-electron chi connectivity index (χ2n) is 4.02. The quantitative estimate of drug-likeness (QED) is 0.884. The van der Waals surface area contributed by atoms with Crippen LogP contribution in [0.1, 0.15) is 28.3 Å². The van der Waals surface area contributed by atoms with Crippen LogP contribution in [0.25, 0.3) is 0 Å². The number of hydrogen-bond acceptors (Lipinski definition) is 2. The van der Waals surface area contributed by atoms with E-state index in [1.807, 2.05) is 0 Å². The molecule has 0 amide bonds. The fourth-order valence-electron chi connectivity index (χ4n) is 1.76. The Morgan fingerprint density at radius 3 is 2.62 bits per heavy atom. The topological polar surface area (TPSA) is 26.0 Å². The summed E-state index contributed by atoms with van der Waals surface area (Å²) in [6.07, 6.45) is 0. The van der Waals surface area contributed by atoms with Crippen LogP contribution in [0.15, 0.2) is 33.4 Å². The molecule has 0 bridgehead atoms. The maximum absolute atomic E-state index is 6.29. The predicted molar refractivity (Wildman–Crippen MR) is 74.0 cm³/mol. The van der Waals surface area contributed by atoms with E-state index < -0.39 is 0 Å². The van der Waals surface area contributed by atoms with Gasteiger partial charge in [0.25, 0.3) is 0 Å². The molecule has 2 rings (SSSR count). The molecule has 0 saturated heterocycles. The average molecular weight is 296 g/mol. The minimum Gasteiger partial charge on any atom is -0.320 e. The molecule has 0 fully saturated rings. The molecule has 1 atom stereocenters. The van der Waals surface area contributed by atoms with E-state index in [0.29, 0.717) is 0 Å². The van der Waals surface area contributed by atoms with Crippen LogP contribution < -0.4 is 5.73 Å². The summed E-state index contributed by atoms with van der Waals surface area (Å²) >= 11 is 5.14. The zero-order valence-electron chi connectivity index (χ0n) is 9.33. The highest BCUT2D eigenvalue weighted by Gasteiger charge is 2.12. The first-order valence-corrected chi connectivity index (χ1v) is 6.82. The fourth-order valence-corrected chi connectivity index (χ4v) is 2.97. The largest absolute Gasteiger partial charge is 0.320 e. The van der Waals surface area contributed by atoms with E-state index in [4.69, 9.17) is 5.73 Å². The summed E-state index contributed by atoms with van der Waals surface area (Å²) in [5.74, 6) is 0. The van der Waals surface area contributed by atoms with Crippen molar-refractivity contribution in [2.75, 3.05) is 0 Å². The Balaban J connectivity index is 2.40. The van der Waals surface area contributed by atoms with E-state index in [0.717, 1.165) is 3.79 Å². The minimum atomic E-state index is -0.0255. The maximum Gasteiger partial charge on any atom is 0.0701 e. The lowest BCUT2D eigenvalue weighted by Crippen LogP contribution is -2.12. The zero-order valence-corrected chi connectivity index (χ0v) is 11.7. The minimum absolute atomic E-state index is 0.0255. The lowest BCUT2D eigenvalue weighted by atomic mass is 9.96. The van der Waals surface area contributed by atoms with E-state index in [-0.39, 0.29) is 6.04 Å². The first kappa shape index (κ1) is 11.8. The summed E-state index contributed by atoms with van der Waals surface area (Å²) in [6.45, 7) is 4.20. The Labute approximate surface area is 108 Å². The first-order valence-electron chi connectivity index (χ1n) is 5.14. The standard InChI is InChI=1S/C13H14BrNS/c1-8-3-4-9(2)11(5-8)13(15)10-6-12(14)16-7-10/h3-7,13H,15H2,1-2H3. The van der Waals surface area contributed by atoms with E-state index >= 15 is 0 Å². The summed E-state index contributed by atoms with van der Waals surface area (Å²) in [5.41, 5.74) is 11.2. The van der Waals surface area contributed by atoms with Crippen LogP contribution in [0.4, 0.5) is 0 Å². The lowest BCUT2D eigenvalue weighted by Gasteiger charge is -2.14. The second-order valence-corrected chi connectivity index (χ2v) is 6.31. The summed E-state index contributed by atoms with van der Waals surface area (Å²) in [4.78, 5) is 0. The zero-order chi connectivity index (χ0) is 11.7. The number of aryl methyl sites for hydroxylation is 2. The molecule has 1 aromatic heterocycles. The molecule has 16 heavy (non-hydrogen) atoms. The van der Waals surface area contributed by atoms with Crippen molar-refractivity contribution in [1.29, 1.82) is 0 Å². The molecule has 1 heterocycles. The highest BCUT2D eigenvalue weighted by molar-refractivity contribution is 9.11. The smallest absolute Gasteiger partial charge is 0.0701 e. The summed E-state index contributed by atoms with van der Waals surface area (Å²) in [5, 5.41) is 2.11. The molecule has 1 unspecified atom stereocenters. The van der Waals surface area contributed by atoms with Gasteiger partial charge in [-0.1, -0.05) is 23.8 Å². The fraction of sp³-hybridized carbons (Fsp3) is 0.231. The van der Waals surface area contributed by atoms with Crippen molar-refractivity contribution in [3.8, 4) is 0 Å². The molecular formula is C13H14BrNS. The van der Waals surface area contributed by atoms with Gasteiger partial charge in [0, 0.05) is 0 Å². The molecule has 2 N–H and O–H groups in total. The van der Waals surface area contributed by atoms with Crippen molar-refractivity contribution in [3.05, 3.63) is 55.7 Å². The predicted octanol–water partition coefficient (Wildman–Crippen LogP) is 4.18. The first-order chi connectivity index (χ1) is 7.58. The van der Waals surface area contributed by atoms with Crippen LogP contribution in [0, 0.1) is 13.8 Å². The van der Waals surface area contributed by atoms with Gasteiger partial charge >= 0.3 is 0 Å². The number of nitrogens with two attached hydrogens (primary N) is 1. The molecule has 0 saturated carbocycles. The van der Waals surface area contributed by atoms with Crippen LogP contribution >= 0.6 is 27.3 Å². The van der Waals surface area contributed by atoms with Crippen LogP contribution in [-0.2, 0) is 0 Å². The molecule has 1 aromatic carbocycles. The van der Waals surface area contributed by atoms with Gasteiger partial charge in [0.05, 0.1) is 9.83 Å². The Hall–Kier alpha value is -0.640. The van der Waals surface area contributed by atoms with Gasteiger partial charge in [-0.2, -0.15) is 0 Å². The van der Waals surface area contributed by atoms with Gasteiger partial charge in [0.15, 0.2) is 0 Å². The van der Waals surface area contributed by atoms with E-state index in [9.17, 15) is 0 Å². The molecular weight excluding hydrogens is 282 g/mol. The summed E-state index contributed by atoms with van der Waals surface area (Å²) in [7, 11) is 0. The van der Waals surface area contributed by atoms with Crippen molar-refractivity contribution in [2.24, 2.45) is 5.73 Å². The van der Waals surface area contributed by atoms with Gasteiger partial charge in [0.1, 0.15) is 0 Å². The van der Waals surface area contributed by atoms with E-state index in [1.54, 1.807) is 11.3 Å². The summed E-state index contributed by atoms with van der Waals surface area (Å²) < 4.78 is 1.13. The monoisotopic (exact) mass is 295 g/mol. The van der Waals surface area contributed by atoms with Gasteiger partial charge in [-0.05, 0) is 57.9 Å². The number of halogens is 1. The molecule has 84 valence electrons. The third-order valence-corrected chi connectivity index (χ3v) is 4.24.